The van der Waals surface area contributed by atoms with Gasteiger partial charge < -0.3 is 15.4 Å². The molecule has 26 heavy (non-hydrogen) atoms. The first-order valence-corrected chi connectivity index (χ1v) is 8.17. The van der Waals surface area contributed by atoms with Gasteiger partial charge in [0.15, 0.2) is 0 Å². The molecule has 132 valence electrons. The van der Waals surface area contributed by atoms with Gasteiger partial charge in [0.05, 0.1) is 18.4 Å². The molecule has 6 heteroatoms. The van der Waals surface area contributed by atoms with Crippen LogP contribution >= 0.6 is 0 Å². The van der Waals surface area contributed by atoms with E-state index < -0.39 is 0 Å². The molecule has 0 fully saturated rings. The highest BCUT2D eigenvalue weighted by Gasteiger charge is 2.09. The number of rotatable bonds is 5. The molecule has 0 atom stereocenters. The lowest BCUT2D eigenvalue weighted by molar-refractivity contribution is 0.102. The number of aryl methyl sites for hydroxylation is 2. The number of hydrogen-bond acceptors (Lipinski definition) is 5. The maximum atomic E-state index is 12.4. The highest BCUT2D eigenvalue weighted by atomic mass is 16.5. The van der Waals surface area contributed by atoms with Gasteiger partial charge in [0.25, 0.3) is 5.91 Å². The Morgan fingerprint density at radius 3 is 2.31 bits per heavy atom. The summed E-state index contributed by atoms with van der Waals surface area (Å²) in [5.74, 6) is 0.823. The van der Waals surface area contributed by atoms with Crippen molar-refractivity contribution in [2.45, 2.75) is 13.8 Å². The van der Waals surface area contributed by atoms with Crippen molar-refractivity contribution in [2.75, 3.05) is 17.7 Å². The van der Waals surface area contributed by atoms with Gasteiger partial charge in [-0.2, -0.15) is 0 Å². The van der Waals surface area contributed by atoms with Gasteiger partial charge in [0.2, 0.25) is 5.95 Å². The summed E-state index contributed by atoms with van der Waals surface area (Å²) in [6.45, 7) is 3.98. The van der Waals surface area contributed by atoms with Gasteiger partial charge in [0, 0.05) is 18.1 Å². The molecule has 0 spiro atoms. The van der Waals surface area contributed by atoms with Gasteiger partial charge in [-0.25, -0.2) is 9.97 Å². The Bertz CT molecular complexity index is 903. The van der Waals surface area contributed by atoms with E-state index in [1.807, 2.05) is 50.2 Å². The molecule has 0 unspecified atom stereocenters. The number of amides is 1. The number of nitrogens with zero attached hydrogens (tertiary/aromatic N) is 2. The smallest absolute Gasteiger partial charge is 0.258 e. The highest BCUT2D eigenvalue weighted by molar-refractivity contribution is 6.04. The Morgan fingerprint density at radius 2 is 1.65 bits per heavy atom. The van der Waals surface area contributed by atoms with Crippen molar-refractivity contribution in [3.8, 4) is 5.75 Å². The molecule has 6 nitrogen and oxygen atoms in total. The average Bonchev–Trinajstić information content (AvgIpc) is 2.62. The molecule has 0 aliphatic heterocycles. The van der Waals surface area contributed by atoms with E-state index in [9.17, 15) is 4.79 Å². The number of ether oxygens (including phenoxy) is 1. The van der Waals surface area contributed by atoms with Crippen molar-refractivity contribution in [2.24, 2.45) is 0 Å². The fraction of sp³-hybridized carbons (Fsp3) is 0.150. The third kappa shape index (κ3) is 4.16. The molecule has 0 aliphatic carbocycles. The summed E-state index contributed by atoms with van der Waals surface area (Å²) >= 11 is 0. The van der Waals surface area contributed by atoms with Crippen LogP contribution in [0.5, 0.6) is 5.75 Å². The van der Waals surface area contributed by atoms with Crippen LogP contribution in [0.25, 0.3) is 0 Å². The lowest BCUT2D eigenvalue weighted by Crippen LogP contribution is -2.13. The number of aromatic nitrogens is 2. The van der Waals surface area contributed by atoms with Crippen molar-refractivity contribution < 1.29 is 9.53 Å². The van der Waals surface area contributed by atoms with Gasteiger partial charge >= 0.3 is 0 Å². The summed E-state index contributed by atoms with van der Waals surface area (Å²) in [4.78, 5) is 20.8. The number of para-hydroxylation sites is 2. The van der Waals surface area contributed by atoms with E-state index >= 15 is 0 Å². The van der Waals surface area contributed by atoms with Crippen LogP contribution in [0, 0.1) is 13.8 Å². The summed E-state index contributed by atoms with van der Waals surface area (Å²) in [7, 11) is 1.60. The molecule has 3 rings (SSSR count). The SMILES string of the molecule is COc1ccccc1Nc1ncc(C(=O)Nc2cc(C)cc(C)c2)cn1. The summed E-state index contributed by atoms with van der Waals surface area (Å²) in [6, 6.07) is 13.4. The number of hydrogen-bond donors (Lipinski definition) is 2. The third-order valence-electron chi connectivity index (χ3n) is 3.75. The summed E-state index contributed by atoms with van der Waals surface area (Å²) in [5.41, 5.74) is 4.07. The van der Waals surface area contributed by atoms with Crippen molar-refractivity contribution >= 4 is 23.2 Å². The molecule has 0 saturated heterocycles. The van der Waals surface area contributed by atoms with Gasteiger partial charge in [-0.3, -0.25) is 4.79 Å². The van der Waals surface area contributed by atoms with Gasteiger partial charge in [-0.15, -0.1) is 0 Å². The predicted octanol–water partition coefficient (Wildman–Crippen LogP) is 4.10. The number of anilines is 3. The van der Waals surface area contributed by atoms with E-state index in [0.717, 1.165) is 22.5 Å². The molecule has 1 amide bonds. The van der Waals surface area contributed by atoms with Gasteiger partial charge in [-0.05, 0) is 49.2 Å². The number of carbonyl (C=O) groups is 1. The Labute approximate surface area is 152 Å². The first kappa shape index (κ1) is 17.4. The third-order valence-corrected chi connectivity index (χ3v) is 3.75. The van der Waals surface area contributed by atoms with E-state index in [4.69, 9.17) is 4.74 Å². The minimum Gasteiger partial charge on any atom is -0.495 e. The van der Waals surface area contributed by atoms with Crippen LogP contribution in [0.2, 0.25) is 0 Å². The topological polar surface area (TPSA) is 76.1 Å². The van der Waals surface area contributed by atoms with E-state index in [1.165, 1.54) is 12.4 Å². The molecule has 0 saturated carbocycles. The second-order valence-corrected chi connectivity index (χ2v) is 5.95. The molecular formula is C20H20N4O2. The molecule has 1 heterocycles. The number of benzene rings is 2. The molecular weight excluding hydrogens is 328 g/mol. The monoisotopic (exact) mass is 348 g/mol. The Balaban J connectivity index is 1.71. The molecule has 0 aliphatic rings. The van der Waals surface area contributed by atoms with Gasteiger partial charge in [0.1, 0.15) is 5.75 Å². The number of methoxy groups -OCH3 is 1. The van der Waals surface area contributed by atoms with Crippen LogP contribution in [0.15, 0.2) is 54.9 Å². The maximum absolute atomic E-state index is 12.4. The molecule has 0 radical (unpaired) electrons. The van der Waals surface area contributed by atoms with Crippen LogP contribution in [0.4, 0.5) is 17.3 Å². The first-order valence-electron chi connectivity index (χ1n) is 8.17. The van der Waals surface area contributed by atoms with E-state index in [0.29, 0.717) is 17.3 Å². The normalized spacial score (nSPS) is 10.3. The van der Waals surface area contributed by atoms with Crippen LogP contribution < -0.4 is 15.4 Å². The molecule has 2 N–H and O–H groups in total. The largest absolute Gasteiger partial charge is 0.495 e. The molecule has 3 aromatic rings. The molecule has 0 bridgehead atoms. The summed E-state index contributed by atoms with van der Waals surface area (Å²) < 4.78 is 5.28. The first-order chi connectivity index (χ1) is 12.5. The minimum atomic E-state index is -0.251. The number of nitrogens with one attached hydrogen (secondary N) is 2. The Morgan fingerprint density at radius 1 is 1.00 bits per heavy atom. The second-order valence-electron chi connectivity index (χ2n) is 5.95. The summed E-state index contributed by atoms with van der Waals surface area (Å²) in [5, 5.41) is 5.94. The van der Waals surface area contributed by atoms with Crippen LogP contribution in [-0.2, 0) is 0 Å². The van der Waals surface area contributed by atoms with Crippen LogP contribution in [0.3, 0.4) is 0 Å². The highest BCUT2D eigenvalue weighted by Crippen LogP contribution is 2.25. The van der Waals surface area contributed by atoms with Gasteiger partial charge in [-0.1, -0.05) is 18.2 Å². The van der Waals surface area contributed by atoms with Crippen molar-refractivity contribution in [3.63, 3.8) is 0 Å². The lowest BCUT2D eigenvalue weighted by atomic mass is 10.1. The summed E-state index contributed by atoms with van der Waals surface area (Å²) in [6.07, 6.45) is 2.98. The quantitative estimate of drug-likeness (QED) is 0.726. The van der Waals surface area contributed by atoms with Crippen molar-refractivity contribution in [1.82, 2.24) is 9.97 Å². The Hall–Kier alpha value is -3.41. The molecule has 1 aromatic heterocycles. The second kappa shape index (κ2) is 7.65. The van der Waals surface area contributed by atoms with E-state index in [-0.39, 0.29) is 5.91 Å². The van der Waals surface area contributed by atoms with E-state index in [2.05, 4.69) is 26.7 Å². The molecule has 2 aromatic carbocycles. The Kier molecular flexibility index (Phi) is 5.12. The minimum absolute atomic E-state index is 0.251. The van der Waals surface area contributed by atoms with Crippen LogP contribution in [-0.4, -0.2) is 23.0 Å². The average molecular weight is 348 g/mol. The standard InChI is InChI=1S/C20H20N4O2/c1-13-8-14(2)10-16(9-13)23-19(25)15-11-21-20(22-12-15)24-17-6-4-5-7-18(17)26-3/h4-12H,1-3H3,(H,23,25)(H,21,22,24). The lowest BCUT2D eigenvalue weighted by Gasteiger charge is -2.10. The predicted molar refractivity (Wildman–Crippen MR) is 102 cm³/mol. The number of carbonyl (C=O) groups excluding carboxylic acids is 1. The van der Waals surface area contributed by atoms with Crippen molar-refractivity contribution in [1.29, 1.82) is 0 Å². The van der Waals surface area contributed by atoms with Crippen molar-refractivity contribution in [3.05, 3.63) is 71.5 Å². The fourth-order valence-corrected chi connectivity index (χ4v) is 2.63. The zero-order chi connectivity index (χ0) is 18.5. The zero-order valence-corrected chi connectivity index (χ0v) is 14.9. The van der Waals surface area contributed by atoms with Crippen LogP contribution in [0.1, 0.15) is 21.5 Å². The zero-order valence-electron chi connectivity index (χ0n) is 14.9. The maximum Gasteiger partial charge on any atom is 0.258 e. The van der Waals surface area contributed by atoms with E-state index in [1.54, 1.807) is 7.11 Å². The fourth-order valence-electron chi connectivity index (χ4n) is 2.63.